The third-order valence-corrected chi connectivity index (χ3v) is 3.90. The maximum atomic E-state index is 3.87. The first-order valence-electron chi connectivity index (χ1n) is 6.33. The second-order valence-electron chi connectivity index (χ2n) is 5.06. The highest BCUT2D eigenvalue weighted by atomic mass is 15.0. The van der Waals surface area contributed by atoms with Gasteiger partial charge in [0.2, 0.25) is 0 Å². The normalized spacial score (nSPS) is 35.8. The van der Waals surface area contributed by atoms with Crippen LogP contribution in [0.1, 0.15) is 45.4 Å². The summed E-state index contributed by atoms with van der Waals surface area (Å²) in [5, 5.41) is 7.29. The van der Waals surface area contributed by atoms with Crippen molar-refractivity contribution in [3.8, 4) is 0 Å². The summed E-state index contributed by atoms with van der Waals surface area (Å²) < 4.78 is 0. The first-order valence-corrected chi connectivity index (χ1v) is 6.33. The Morgan fingerprint density at radius 2 is 1.71 bits per heavy atom. The lowest BCUT2D eigenvalue weighted by molar-refractivity contribution is 0.239. The van der Waals surface area contributed by atoms with Crippen LogP contribution in [0.3, 0.4) is 0 Å². The molecule has 2 aliphatic rings. The van der Waals surface area contributed by atoms with E-state index in [9.17, 15) is 0 Å². The van der Waals surface area contributed by atoms with Crippen molar-refractivity contribution in [1.82, 2.24) is 10.6 Å². The van der Waals surface area contributed by atoms with Gasteiger partial charge in [0.25, 0.3) is 0 Å². The number of piperidine rings is 1. The van der Waals surface area contributed by atoms with Gasteiger partial charge in [-0.3, -0.25) is 0 Å². The van der Waals surface area contributed by atoms with E-state index in [4.69, 9.17) is 0 Å². The van der Waals surface area contributed by atoms with Crippen LogP contribution in [0.25, 0.3) is 0 Å². The van der Waals surface area contributed by atoms with E-state index in [2.05, 4.69) is 17.6 Å². The van der Waals surface area contributed by atoms with Gasteiger partial charge in [0, 0.05) is 12.1 Å². The van der Waals surface area contributed by atoms with Gasteiger partial charge in [-0.1, -0.05) is 19.8 Å². The lowest BCUT2D eigenvalue weighted by Crippen LogP contribution is -2.47. The molecule has 2 heteroatoms. The molecule has 0 bridgehead atoms. The van der Waals surface area contributed by atoms with E-state index in [1.807, 2.05) is 0 Å². The highest BCUT2D eigenvalue weighted by Gasteiger charge is 2.24. The zero-order chi connectivity index (χ0) is 9.80. The quantitative estimate of drug-likeness (QED) is 0.705. The minimum atomic E-state index is 0.793. The Kier molecular flexibility index (Phi) is 3.82. The van der Waals surface area contributed by atoms with E-state index in [1.165, 1.54) is 51.6 Å². The fourth-order valence-corrected chi connectivity index (χ4v) is 2.86. The van der Waals surface area contributed by atoms with Crippen molar-refractivity contribution < 1.29 is 0 Å². The van der Waals surface area contributed by atoms with Crippen LogP contribution in [0.15, 0.2) is 0 Å². The van der Waals surface area contributed by atoms with Gasteiger partial charge in [-0.25, -0.2) is 0 Å². The largest absolute Gasteiger partial charge is 0.317 e. The first-order chi connectivity index (χ1) is 6.86. The molecule has 2 rings (SSSR count). The highest BCUT2D eigenvalue weighted by Crippen LogP contribution is 2.24. The van der Waals surface area contributed by atoms with Crippen LogP contribution in [0.2, 0.25) is 0 Å². The molecule has 14 heavy (non-hydrogen) atoms. The Morgan fingerprint density at radius 1 is 1.00 bits per heavy atom. The third kappa shape index (κ3) is 2.71. The van der Waals surface area contributed by atoms with Crippen LogP contribution in [-0.4, -0.2) is 25.2 Å². The monoisotopic (exact) mass is 196 g/mol. The van der Waals surface area contributed by atoms with Gasteiger partial charge in [0.05, 0.1) is 0 Å². The van der Waals surface area contributed by atoms with Crippen molar-refractivity contribution in [1.29, 1.82) is 0 Å². The molecule has 0 spiro atoms. The van der Waals surface area contributed by atoms with E-state index < -0.39 is 0 Å². The van der Waals surface area contributed by atoms with Crippen LogP contribution in [0, 0.1) is 5.92 Å². The minimum absolute atomic E-state index is 0.793. The Labute approximate surface area is 87.8 Å². The van der Waals surface area contributed by atoms with Crippen molar-refractivity contribution in [3.05, 3.63) is 0 Å². The molecule has 82 valence electrons. The average Bonchev–Trinajstić information content (AvgIpc) is 2.23. The molecule has 1 heterocycles. The third-order valence-electron chi connectivity index (χ3n) is 3.90. The van der Waals surface area contributed by atoms with Crippen LogP contribution < -0.4 is 10.6 Å². The van der Waals surface area contributed by atoms with E-state index in [-0.39, 0.29) is 0 Å². The molecule has 1 aliphatic heterocycles. The van der Waals surface area contributed by atoms with Gasteiger partial charge >= 0.3 is 0 Å². The van der Waals surface area contributed by atoms with E-state index in [1.54, 1.807) is 0 Å². The Balaban J connectivity index is 1.76. The van der Waals surface area contributed by atoms with Gasteiger partial charge in [-0.2, -0.15) is 0 Å². The molecule has 2 nitrogen and oxygen atoms in total. The molecule has 2 atom stereocenters. The smallest absolute Gasteiger partial charge is 0.00953 e. The molecule has 1 aliphatic carbocycles. The van der Waals surface area contributed by atoms with Gasteiger partial charge in [-0.15, -0.1) is 0 Å². The molecular weight excluding hydrogens is 172 g/mol. The summed E-state index contributed by atoms with van der Waals surface area (Å²) in [5.41, 5.74) is 0. The summed E-state index contributed by atoms with van der Waals surface area (Å²) in [4.78, 5) is 0. The summed E-state index contributed by atoms with van der Waals surface area (Å²) in [6.45, 7) is 4.83. The summed E-state index contributed by atoms with van der Waals surface area (Å²) in [5.74, 6) is 0.902. The number of hydrogen-bond acceptors (Lipinski definition) is 2. The molecule has 1 saturated carbocycles. The van der Waals surface area contributed by atoms with Gasteiger partial charge in [0.15, 0.2) is 0 Å². The molecule has 2 N–H and O–H groups in total. The predicted octanol–water partition coefficient (Wildman–Crippen LogP) is 1.91. The van der Waals surface area contributed by atoms with E-state index >= 15 is 0 Å². The number of hydrogen-bond donors (Lipinski definition) is 2. The highest BCUT2D eigenvalue weighted by molar-refractivity contribution is 4.83. The molecular formula is C12H24N2. The number of nitrogens with one attached hydrogen (secondary N) is 2. The maximum absolute atomic E-state index is 3.87. The van der Waals surface area contributed by atoms with Crippen LogP contribution >= 0.6 is 0 Å². The topological polar surface area (TPSA) is 24.1 Å². The fraction of sp³-hybridized carbons (Fsp3) is 1.00. The van der Waals surface area contributed by atoms with Crippen molar-refractivity contribution in [2.75, 3.05) is 13.1 Å². The lowest BCUT2D eigenvalue weighted by atomic mass is 9.85. The summed E-state index contributed by atoms with van der Waals surface area (Å²) in [6, 6.07) is 1.61. The molecule has 0 amide bonds. The van der Waals surface area contributed by atoms with E-state index in [0.29, 0.717) is 0 Å². The summed E-state index contributed by atoms with van der Waals surface area (Å²) in [6.07, 6.45) is 8.37. The van der Waals surface area contributed by atoms with E-state index in [0.717, 1.165) is 18.0 Å². The zero-order valence-electron chi connectivity index (χ0n) is 9.39. The molecule has 0 aromatic heterocycles. The SMILES string of the molecule is CC1CCCCC1NC1CCNCC1. The first kappa shape index (κ1) is 10.4. The Bertz CT molecular complexity index is 164. The molecule has 0 aromatic rings. The zero-order valence-corrected chi connectivity index (χ0v) is 9.39. The Hall–Kier alpha value is -0.0800. The second kappa shape index (κ2) is 5.13. The summed E-state index contributed by atoms with van der Waals surface area (Å²) in [7, 11) is 0. The van der Waals surface area contributed by atoms with Crippen LogP contribution in [0.5, 0.6) is 0 Å². The van der Waals surface area contributed by atoms with Crippen molar-refractivity contribution in [2.45, 2.75) is 57.5 Å². The predicted molar refractivity (Wildman–Crippen MR) is 60.4 cm³/mol. The average molecular weight is 196 g/mol. The lowest BCUT2D eigenvalue weighted by Gasteiger charge is -2.35. The Morgan fingerprint density at radius 3 is 2.43 bits per heavy atom. The van der Waals surface area contributed by atoms with Crippen molar-refractivity contribution >= 4 is 0 Å². The maximum Gasteiger partial charge on any atom is 0.00953 e. The van der Waals surface area contributed by atoms with Crippen molar-refractivity contribution in [3.63, 3.8) is 0 Å². The molecule has 0 radical (unpaired) electrons. The molecule has 0 aromatic carbocycles. The molecule has 1 saturated heterocycles. The van der Waals surface area contributed by atoms with Gasteiger partial charge in [-0.05, 0) is 44.7 Å². The summed E-state index contributed by atoms with van der Waals surface area (Å²) >= 11 is 0. The minimum Gasteiger partial charge on any atom is -0.317 e. The van der Waals surface area contributed by atoms with Gasteiger partial charge in [0.1, 0.15) is 0 Å². The van der Waals surface area contributed by atoms with Crippen LogP contribution in [0.4, 0.5) is 0 Å². The standard InChI is InChI=1S/C12H24N2/c1-10-4-2-3-5-12(10)14-11-6-8-13-9-7-11/h10-14H,2-9H2,1H3. The van der Waals surface area contributed by atoms with Crippen molar-refractivity contribution in [2.24, 2.45) is 5.92 Å². The molecule has 2 fully saturated rings. The number of rotatable bonds is 2. The van der Waals surface area contributed by atoms with Crippen LogP contribution in [-0.2, 0) is 0 Å². The molecule has 2 unspecified atom stereocenters. The van der Waals surface area contributed by atoms with Gasteiger partial charge < -0.3 is 10.6 Å². The second-order valence-corrected chi connectivity index (χ2v) is 5.06. The fourth-order valence-electron chi connectivity index (χ4n) is 2.86.